The molecule has 0 aliphatic carbocycles. The zero-order chi connectivity index (χ0) is 39.9. The van der Waals surface area contributed by atoms with E-state index >= 15 is 0 Å². The van der Waals surface area contributed by atoms with Crippen LogP contribution in [0.1, 0.15) is 34.0 Å². The summed E-state index contributed by atoms with van der Waals surface area (Å²) in [5, 5.41) is 11.1. The zero-order valence-electron chi connectivity index (χ0n) is 32.9. The zero-order valence-corrected chi connectivity index (χ0v) is 32.9. The van der Waals surface area contributed by atoms with Gasteiger partial charge in [-0.2, -0.15) is 0 Å². The van der Waals surface area contributed by atoms with E-state index in [4.69, 9.17) is 23.8 Å². The Morgan fingerprint density at radius 2 is 1.17 bits per heavy atom. The van der Waals surface area contributed by atoms with E-state index in [1.165, 1.54) is 11.1 Å². The molecule has 1 N–H and O–H groups in total. The lowest BCUT2D eigenvalue weighted by Gasteiger charge is -2.24. The molecule has 0 bridgehead atoms. The van der Waals surface area contributed by atoms with E-state index < -0.39 is 0 Å². The van der Waals surface area contributed by atoms with Crippen LogP contribution in [0.15, 0.2) is 189 Å². The lowest BCUT2D eigenvalue weighted by atomic mass is 9.88. The second kappa shape index (κ2) is 13.4. The van der Waals surface area contributed by atoms with Gasteiger partial charge < -0.3 is 14.2 Å². The monoisotopic (exact) mass is 772 g/mol. The normalized spacial score (nSPS) is 14.3. The number of hydrogen-bond donors (Lipinski definition) is 1. The first-order chi connectivity index (χ1) is 29.5. The van der Waals surface area contributed by atoms with Crippen molar-refractivity contribution in [1.82, 2.24) is 10.3 Å². The predicted molar refractivity (Wildman–Crippen MR) is 246 cm³/mol. The smallest absolute Gasteiger partial charge is 0.159 e. The molecule has 11 aromatic rings. The van der Waals surface area contributed by atoms with Crippen LogP contribution in [0.5, 0.6) is 0 Å². The fourth-order valence-corrected chi connectivity index (χ4v) is 8.91. The Balaban J connectivity index is 1.12. The summed E-state index contributed by atoms with van der Waals surface area (Å²) in [6, 6.07) is 59.1. The highest BCUT2D eigenvalue weighted by Gasteiger charge is 2.26. The van der Waals surface area contributed by atoms with Gasteiger partial charge in [0.15, 0.2) is 5.84 Å². The third-order valence-corrected chi connectivity index (χ3v) is 11.9. The molecular weight excluding hydrogens is 737 g/mol. The maximum Gasteiger partial charge on any atom is 0.159 e. The number of pyridine rings is 1. The number of rotatable bonds is 5. The van der Waals surface area contributed by atoms with E-state index in [0.29, 0.717) is 5.84 Å². The number of fused-ring (bicyclic) bond motifs is 9. The van der Waals surface area contributed by atoms with Crippen molar-refractivity contribution in [2.75, 3.05) is 0 Å². The van der Waals surface area contributed by atoms with Crippen molar-refractivity contribution in [1.29, 1.82) is 0 Å². The van der Waals surface area contributed by atoms with Crippen molar-refractivity contribution in [3.63, 3.8) is 0 Å². The number of aliphatic imine (C=N–C) groups is 2. The Bertz CT molecular complexity index is 3590. The molecule has 284 valence electrons. The van der Waals surface area contributed by atoms with Gasteiger partial charge >= 0.3 is 0 Å². The summed E-state index contributed by atoms with van der Waals surface area (Å²) in [6.07, 6.45) is -0.317. The van der Waals surface area contributed by atoms with Crippen LogP contribution in [0, 0.1) is 13.8 Å². The van der Waals surface area contributed by atoms with Crippen LogP contribution >= 0.6 is 0 Å². The van der Waals surface area contributed by atoms with Crippen LogP contribution in [0.25, 0.3) is 87.9 Å². The SMILES string of the molecule is Cc1ccc(C2=NC(c3ccc(C)cc3)NC(c3cccc(-c4nc5ccccc5c5c(-c6cccc7c6oc6ccccc67)c6c(cc45)oc4ccccc46)c3)=N2)cc1. The van der Waals surface area contributed by atoms with E-state index in [9.17, 15) is 0 Å². The highest BCUT2D eigenvalue weighted by atomic mass is 16.3. The van der Waals surface area contributed by atoms with Crippen molar-refractivity contribution in [2.45, 2.75) is 20.0 Å². The Morgan fingerprint density at radius 3 is 1.98 bits per heavy atom. The van der Waals surface area contributed by atoms with Crippen LogP contribution in [0.4, 0.5) is 0 Å². The fourth-order valence-electron chi connectivity index (χ4n) is 8.91. The second-order valence-corrected chi connectivity index (χ2v) is 15.7. The molecule has 0 spiro atoms. The first kappa shape index (κ1) is 34.2. The molecular formula is C54H36N4O2. The maximum absolute atomic E-state index is 6.75. The molecule has 6 heteroatoms. The third kappa shape index (κ3) is 5.45. The van der Waals surface area contributed by atoms with Gasteiger partial charge in [-0.15, -0.1) is 0 Å². The molecule has 1 atom stereocenters. The minimum absolute atomic E-state index is 0.317. The van der Waals surface area contributed by atoms with Crippen LogP contribution in [-0.2, 0) is 0 Å². The van der Waals surface area contributed by atoms with E-state index in [-0.39, 0.29) is 6.17 Å². The summed E-state index contributed by atoms with van der Waals surface area (Å²) in [6.45, 7) is 4.19. The number of amidine groups is 2. The number of nitrogens with zero attached hydrogens (tertiary/aromatic N) is 3. The third-order valence-electron chi connectivity index (χ3n) is 11.9. The highest BCUT2D eigenvalue weighted by molar-refractivity contribution is 6.30. The number of hydrogen-bond acceptors (Lipinski definition) is 6. The molecule has 4 heterocycles. The topological polar surface area (TPSA) is 75.9 Å². The van der Waals surface area contributed by atoms with Gasteiger partial charge in [0.05, 0.1) is 11.2 Å². The summed E-state index contributed by atoms with van der Waals surface area (Å²) < 4.78 is 13.5. The van der Waals surface area contributed by atoms with E-state index in [1.807, 2.05) is 24.3 Å². The minimum atomic E-state index is -0.317. The number of benzene rings is 8. The highest BCUT2D eigenvalue weighted by Crippen LogP contribution is 2.48. The minimum Gasteiger partial charge on any atom is -0.456 e. The molecule has 8 aromatic carbocycles. The summed E-state index contributed by atoms with van der Waals surface area (Å²) >= 11 is 0. The molecule has 1 aliphatic heterocycles. The molecule has 60 heavy (non-hydrogen) atoms. The largest absolute Gasteiger partial charge is 0.456 e. The van der Waals surface area contributed by atoms with Crippen molar-refractivity contribution in [3.8, 4) is 22.4 Å². The van der Waals surface area contributed by atoms with Gasteiger partial charge in [-0.25, -0.2) is 15.0 Å². The Kier molecular flexibility index (Phi) is 7.62. The summed E-state index contributed by atoms with van der Waals surface area (Å²) in [5.74, 6) is 1.43. The average Bonchev–Trinajstić information content (AvgIpc) is 3.87. The standard InChI is InChI=1S/C54H36N4O2/c1-31-21-25-33(26-22-31)52-56-53(34-27-23-32(2)24-28-34)58-54(57-52)36-12-9-11-35(29-36)50-42-30-46-48(40-15-5-8-20-45(40)59-46)49(47(42)39-14-3-6-18-43(39)55-50)41-17-10-16-38-37-13-4-7-19-44(37)60-51(38)41/h3-30,52H,1-2H3,(H,56,57,58). The number of para-hydroxylation sites is 4. The fraction of sp³-hybridized carbons (Fsp3) is 0.0556. The summed E-state index contributed by atoms with van der Waals surface area (Å²) in [4.78, 5) is 15.7. The van der Waals surface area contributed by atoms with Gasteiger partial charge in [0.25, 0.3) is 0 Å². The molecule has 0 radical (unpaired) electrons. The van der Waals surface area contributed by atoms with Gasteiger partial charge in [-0.3, -0.25) is 0 Å². The summed E-state index contributed by atoms with van der Waals surface area (Å²) in [7, 11) is 0. The Morgan fingerprint density at radius 1 is 0.500 bits per heavy atom. The van der Waals surface area contributed by atoms with Gasteiger partial charge in [0.1, 0.15) is 34.3 Å². The first-order valence-electron chi connectivity index (χ1n) is 20.3. The van der Waals surface area contributed by atoms with Crippen LogP contribution in [0.3, 0.4) is 0 Å². The molecule has 1 aliphatic rings. The van der Waals surface area contributed by atoms with Gasteiger partial charge in [0.2, 0.25) is 0 Å². The predicted octanol–water partition coefficient (Wildman–Crippen LogP) is 13.6. The quantitative estimate of drug-likeness (QED) is 0.177. The maximum atomic E-state index is 6.75. The van der Waals surface area contributed by atoms with Crippen molar-refractivity contribution < 1.29 is 8.83 Å². The number of aryl methyl sites for hydroxylation is 2. The van der Waals surface area contributed by atoms with E-state index in [2.05, 4.69) is 165 Å². The second-order valence-electron chi connectivity index (χ2n) is 15.7. The van der Waals surface area contributed by atoms with Crippen LogP contribution < -0.4 is 5.32 Å². The lowest BCUT2D eigenvalue weighted by molar-refractivity contribution is 0.669. The molecule has 0 saturated carbocycles. The molecule has 0 fully saturated rings. The summed E-state index contributed by atoms with van der Waals surface area (Å²) in [5.41, 5.74) is 13.5. The number of nitrogens with one attached hydrogen (secondary N) is 1. The van der Waals surface area contributed by atoms with E-state index in [1.54, 1.807) is 0 Å². The van der Waals surface area contributed by atoms with E-state index in [0.717, 1.165) is 110 Å². The lowest BCUT2D eigenvalue weighted by Crippen LogP contribution is -2.33. The number of aromatic nitrogens is 1. The van der Waals surface area contributed by atoms with Gasteiger partial charge in [-0.1, -0.05) is 151 Å². The van der Waals surface area contributed by atoms with Crippen LogP contribution in [0.2, 0.25) is 0 Å². The average molecular weight is 773 g/mol. The van der Waals surface area contributed by atoms with Gasteiger partial charge in [-0.05, 0) is 49.7 Å². The molecule has 3 aromatic heterocycles. The van der Waals surface area contributed by atoms with Crippen molar-refractivity contribution >= 4 is 77.2 Å². The molecule has 6 nitrogen and oxygen atoms in total. The Labute approximate surface area is 345 Å². The van der Waals surface area contributed by atoms with Crippen LogP contribution in [-0.4, -0.2) is 16.7 Å². The van der Waals surface area contributed by atoms with Gasteiger partial charge in [0, 0.05) is 65.5 Å². The Hall–Kier alpha value is -7.83. The van der Waals surface area contributed by atoms with Crippen molar-refractivity contribution in [3.05, 3.63) is 198 Å². The first-order valence-corrected chi connectivity index (χ1v) is 20.3. The molecule has 1 unspecified atom stereocenters. The number of furan rings is 2. The molecule has 0 amide bonds. The molecule has 12 rings (SSSR count). The molecule has 0 saturated heterocycles. The van der Waals surface area contributed by atoms with Crippen molar-refractivity contribution in [2.24, 2.45) is 9.98 Å².